The zero-order valence-corrected chi connectivity index (χ0v) is 7.48. The molecule has 14 heavy (non-hydrogen) atoms. The molecule has 0 aromatic heterocycles. The van der Waals surface area contributed by atoms with Crippen molar-refractivity contribution < 1.29 is 19.5 Å². The number of imide groups is 1. The molecule has 1 aliphatic rings. The first-order valence-corrected chi connectivity index (χ1v) is 4.03. The molecule has 3 amide bonds. The van der Waals surface area contributed by atoms with E-state index in [2.05, 4.69) is 10.6 Å². The van der Waals surface area contributed by atoms with Crippen LogP contribution in [-0.4, -0.2) is 29.1 Å². The zero-order chi connectivity index (χ0) is 10.7. The van der Waals surface area contributed by atoms with E-state index >= 15 is 0 Å². The average molecular weight is 198 g/mol. The molecule has 0 aliphatic carbocycles. The fraction of sp³-hybridized carbons (Fsp3) is 0.375. The van der Waals surface area contributed by atoms with Crippen LogP contribution in [0.15, 0.2) is 12.2 Å². The Hall–Kier alpha value is -1.85. The van der Waals surface area contributed by atoms with Gasteiger partial charge in [0, 0.05) is 12.1 Å². The van der Waals surface area contributed by atoms with Crippen molar-refractivity contribution in [3.05, 3.63) is 12.2 Å². The largest absolute Gasteiger partial charge is 0.478 e. The van der Waals surface area contributed by atoms with E-state index in [0.29, 0.717) is 0 Å². The van der Waals surface area contributed by atoms with Gasteiger partial charge in [-0.3, -0.25) is 10.1 Å². The summed E-state index contributed by atoms with van der Waals surface area (Å²) in [4.78, 5) is 32.2. The van der Waals surface area contributed by atoms with Crippen LogP contribution in [-0.2, 0) is 9.59 Å². The van der Waals surface area contributed by atoms with E-state index in [0.717, 1.165) is 6.08 Å². The van der Waals surface area contributed by atoms with Gasteiger partial charge in [-0.05, 0) is 6.92 Å². The van der Waals surface area contributed by atoms with Crippen LogP contribution < -0.4 is 10.6 Å². The number of hydrogen-bond acceptors (Lipinski definition) is 3. The quantitative estimate of drug-likeness (QED) is 0.520. The molecule has 1 rings (SSSR count). The van der Waals surface area contributed by atoms with Gasteiger partial charge in [0.05, 0.1) is 5.92 Å². The number of urea groups is 1. The highest BCUT2D eigenvalue weighted by Gasteiger charge is 2.30. The van der Waals surface area contributed by atoms with Crippen LogP contribution in [0.1, 0.15) is 6.92 Å². The normalized spacial score (nSPS) is 27.2. The van der Waals surface area contributed by atoms with Crippen molar-refractivity contribution in [1.29, 1.82) is 0 Å². The third kappa shape index (κ3) is 2.32. The summed E-state index contributed by atoms with van der Waals surface area (Å²) >= 11 is 0. The van der Waals surface area contributed by atoms with E-state index in [1.807, 2.05) is 0 Å². The van der Waals surface area contributed by atoms with Crippen molar-refractivity contribution >= 4 is 17.9 Å². The number of nitrogens with one attached hydrogen (secondary N) is 2. The molecule has 0 aromatic rings. The smallest absolute Gasteiger partial charge is 0.328 e. The van der Waals surface area contributed by atoms with Gasteiger partial charge in [0.15, 0.2) is 0 Å². The van der Waals surface area contributed by atoms with E-state index in [1.165, 1.54) is 6.08 Å². The van der Waals surface area contributed by atoms with Crippen LogP contribution in [0.2, 0.25) is 0 Å². The highest BCUT2D eigenvalue weighted by atomic mass is 16.4. The minimum atomic E-state index is -1.12. The Balaban J connectivity index is 2.72. The highest BCUT2D eigenvalue weighted by molar-refractivity contribution is 5.99. The number of carboxylic acids is 1. The Morgan fingerprint density at radius 1 is 1.50 bits per heavy atom. The number of rotatable bonds is 2. The van der Waals surface area contributed by atoms with E-state index < -0.39 is 29.9 Å². The molecule has 1 fully saturated rings. The van der Waals surface area contributed by atoms with E-state index in [-0.39, 0.29) is 0 Å². The summed E-state index contributed by atoms with van der Waals surface area (Å²) < 4.78 is 0. The molecule has 0 aromatic carbocycles. The lowest BCUT2D eigenvalue weighted by Gasteiger charge is -2.26. The van der Waals surface area contributed by atoms with E-state index in [4.69, 9.17) is 5.11 Å². The van der Waals surface area contributed by atoms with E-state index in [9.17, 15) is 14.4 Å². The topological polar surface area (TPSA) is 95.5 Å². The number of carbonyl (C=O) groups is 3. The SMILES string of the molecule is CC1NC(=O)NC(=O)C1/C=C/C(=O)O. The van der Waals surface area contributed by atoms with Crippen molar-refractivity contribution in [2.45, 2.75) is 13.0 Å². The van der Waals surface area contributed by atoms with Crippen LogP contribution in [0.5, 0.6) is 0 Å². The van der Waals surface area contributed by atoms with E-state index in [1.54, 1.807) is 6.92 Å². The van der Waals surface area contributed by atoms with Crippen molar-refractivity contribution in [2.75, 3.05) is 0 Å². The van der Waals surface area contributed by atoms with Crippen LogP contribution in [0, 0.1) is 5.92 Å². The van der Waals surface area contributed by atoms with Crippen molar-refractivity contribution in [3.8, 4) is 0 Å². The number of amides is 3. The molecular weight excluding hydrogens is 188 g/mol. The summed E-state index contributed by atoms with van der Waals surface area (Å²) in [5.41, 5.74) is 0. The maximum atomic E-state index is 11.2. The molecule has 76 valence electrons. The monoisotopic (exact) mass is 198 g/mol. The van der Waals surface area contributed by atoms with Gasteiger partial charge in [0.25, 0.3) is 0 Å². The lowest BCUT2D eigenvalue weighted by atomic mass is 9.98. The van der Waals surface area contributed by atoms with Crippen LogP contribution in [0.25, 0.3) is 0 Å². The molecular formula is C8H10N2O4. The molecule has 6 heteroatoms. The van der Waals surface area contributed by atoms with Gasteiger partial charge in [-0.2, -0.15) is 0 Å². The van der Waals surface area contributed by atoms with Crippen molar-refractivity contribution in [2.24, 2.45) is 5.92 Å². The molecule has 2 atom stereocenters. The van der Waals surface area contributed by atoms with Crippen LogP contribution in [0.4, 0.5) is 4.79 Å². The Labute approximate surface area is 80.0 Å². The molecule has 1 heterocycles. The van der Waals surface area contributed by atoms with Crippen molar-refractivity contribution in [1.82, 2.24) is 10.6 Å². The molecule has 3 N–H and O–H groups in total. The van der Waals surface area contributed by atoms with Crippen LogP contribution >= 0.6 is 0 Å². The molecule has 0 saturated carbocycles. The molecule has 0 bridgehead atoms. The summed E-state index contributed by atoms with van der Waals surface area (Å²) in [7, 11) is 0. The van der Waals surface area contributed by atoms with Crippen molar-refractivity contribution in [3.63, 3.8) is 0 Å². The van der Waals surface area contributed by atoms with Gasteiger partial charge >= 0.3 is 12.0 Å². The minimum absolute atomic E-state index is 0.396. The predicted octanol–water partition coefficient (Wildman–Crippen LogP) is -0.529. The first-order valence-electron chi connectivity index (χ1n) is 4.03. The molecule has 0 radical (unpaired) electrons. The Kier molecular flexibility index (Phi) is 2.85. The van der Waals surface area contributed by atoms with Gasteiger partial charge in [0.2, 0.25) is 5.91 Å². The first kappa shape index (κ1) is 10.2. The summed E-state index contributed by atoms with van der Waals surface area (Å²) in [6.45, 7) is 1.63. The van der Waals surface area contributed by atoms with Gasteiger partial charge in [-0.25, -0.2) is 9.59 Å². The van der Waals surface area contributed by atoms with Gasteiger partial charge in [0.1, 0.15) is 0 Å². The molecule has 1 aliphatic heterocycles. The number of hydrogen-bond donors (Lipinski definition) is 3. The number of carboxylic acid groups (broad SMARTS) is 1. The number of carbonyl (C=O) groups excluding carboxylic acids is 2. The third-order valence-electron chi connectivity index (χ3n) is 1.88. The molecule has 0 spiro atoms. The third-order valence-corrected chi connectivity index (χ3v) is 1.88. The fourth-order valence-electron chi connectivity index (χ4n) is 1.19. The Bertz CT molecular complexity index is 310. The first-order chi connectivity index (χ1) is 6.50. The molecule has 1 saturated heterocycles. The molecule has 6 nitrogen and oxygen atoms in total. The maximum absolute atomic E-state index is 11.2. The number of aliphatic carboxylic acids is 1. The second kappa shape index (κ2) is 3.91. The summed E-state index contributed by atoms with van der Waals surface area (Å²) in [5, 5.41) is 12.9. The standard InChI is InChI=1S/C8H10N2O4/c1-4-5(2-3-6(11)12)7(13)10-8(14)9-4/h2-5H,1H3,(H,11,12)(H2,9,10,13,14)/b3-2+. The van der Waals surface area contributed by atoms with Gasteiger partial charge in [-0.15, -0.1) is 0 Å². The maximum Gasteiger partial charge on any atom is 0.328 e. The second-order valence-electron chi connectivity index (χ2n) is 2.97. The van der Waals surface area contributed by atoms with Gasteiger partial charge < -0.3 is 10.4 Å². The van der Waals surface area contributed by atoms with Gasteiger partial charge in [-0.1, -0.05) is 6.08 Å². The minimum Gasteiger partial charge on any atom is -0.478 e. The lowest BCUT2D eigenvalue weighted by Crippen LogP contribution is -2.56. The summed E-state index contributed by atoms with van der Waals surface area (Å²) in [6.07, 6.45) is 2.14. The summed E-state index contributed by atoms with van der Waals surface area (Å²) in [6, 6.07) is -0.950. The lowest BCUT2D eigenvalue weighted by molar-refractivity contribution is -0.131. The predicted molar refractivity (Wildman–Crippen MR) is 46.4 cm³/mol. The average Bonchev–Trinajstić information content (AvgIpc) is 2.01. The summed E-state index contributed by atoms with van der Waals surface area (Å²) in [5.74, 6) is -2.25. The fourth-order valence-corrected chi connectivity index (χ4v) is 1.19. The zero-order valence-electron chi connectivity index (χ0n) is 7.48. The highest BCUT2D eigenvalue weighted by Crippen LogP contribution is 2.09. The van der Waals surface area contributed by atoms with Crippen LogP contribution in [0.3, 0.4) is 0 Å². The second-order valence-corrected chi connectivity index (χ2v) is 2.97. The molecule has 2 unspecified atom stereocenters. The Morgan fingerprint density at radius 2 is 2.14 bits per heavy atom. The Morgan fingerprint density at radius 3 is 2.64 bits per heavy atom.